The fraction of sp³-hybridized carbons (Fsp3) is 0.889. The Balaban J connectivity index is 1.64. The number of amides is 1. The summed E-state index contributed by atoms with van der Waals surface area (Å²) in [6.07, 6.45) is 8.93. The van der Waals surface area contributed by atoms with E-state index in [2.05, 4.69) is 11.8 Å². The van der Waals surface area contributed by atoms with Crippen molar-refractivity contribution in [1.82, 2.24) is 9.80 Å². The maximum absolute atomic E-state index is 13.0. The van der Waals surface area contributed by atoms with Gasteiger partial charge in [-0.15, -0.1) is 0 Å². The minimum absolute atomic E-state index is 0.159. The Labute approximate surface area is 139 Å². The number of carbonyl (C=O) groups is 2. The molecular formula is C18H30N2O3. The highest BCUT2D eigenvalue weighted by Crippen LogP contribution is 2.36. The van der Waals surface area contributed by atoms with Crippen LogP contribution in [0.2, 0.25) is 0 Å². The van der Waals surface area contributed by atoms with E-state index in [9.17, 15) is 14.7 Å². The van der Waals surface area contributed by atoms with Gasteiger partial charge in [-0.1, -0.05) is 6.92 Å². The minimum Gasteiger partial charge on any atom is -0.480 e. The Hall–Kier alpha value is -1.10. The highest BCUT2D eigenvalue weighted by Gasteiger charge is 2.42. The second kappa shape index (κ2) is 6.80. The van der Waals surface area contributed by atoms with Crippen LogP contribution in [0, 0.1) is 5.92 Å². The molecule has 0 aromatic carbocycles. The Morgan fingerprint density at radius 1 is 0.957 bits per heavy atom. The van der Waals surface area contributed by atoms with E-state index in [0.717, 1.165) is 44.4 Å². The molecule has 23 heavy (non-hydrogen) atoms. The van der Waals surface area contributed by atoms with Crippen molar-refractivity contribution in [2.45, 2.75) is 89.4 Å². The summed E-state index contributed by atoms with van der Waals surface area (Å²) in [5.41, 5.74) is 0. The summed E-state index contributed by atoms with van der Waals surface area (Å²) in [5.74, 6) is 0.110. The first-order valence-electron chi connectivity index (χ1n) is 9.27. The topological polar surface area (TPSA) is 60.9 Å². The van der Waals surface area contributed by atoms with E-state index in [0.29, 0.717) is 12.1 Å². The number of carboxylic acids is 1. The molecule has 0 aromatic heterocycles. The van der Waals surface area contributed by atoms with Gasteiger partial charge in [-0.05, 0) is 64.2 Å². The zero-order valence-corrected chi connectivity index (χ0v) is 14.4. The van der Waals surface area contributed by atoms with Gasteiger partial charge in [0.05, 0.1) is 6.54 Å². The van der Waals surface area contributed by atoms with Gasteiger partial charge in [-0.3, -0.25) is 14.5 Å². The van der Waals surface area contributed by atoms with E-state index in [1.165, 1.54) is 12.8 Å². The van der Waals surface area contributed by atoms with E-state index in [1.54, 1.807) is 6.92 Å². The Morgan fingerprint density at radius 3 is 1.87 bits per heavy atom. The average molecular weight is 322 g/mol. The molecule has 3 fully saturated rings. The van der Waals surface area contributed by atoms with Crippen LogP contribution in [0.3, 0.4) is 0 Å². The SMILES string of the molecule is CC1CCC(N(C(=O)CN(C2CC2)C(C)C(=O)O)C2CC2)CC1. The van der Waals surface area contributed by atoms with Crippen LogP contribution in [0.25, 0.3) is 0 Å². The largest absolute Gasteiger partial charge is 0.480 e. The third-order valence-corrected chi connectivity index (χ3v) is 5.80. The lowest BCUT2D eigenvalue weighted by molar-refractivity contribution is -0.145. The van der Waals surface area contributed by atoms with E-state index in [4.69, 9.17) is 0 Å². The van der Waals surface area contributed by atoms with Gasteiger partial charge in [0.1, 0.15) is 6.04 Å². The van der Waals surface area contributed by atoms with Crippen molar-refractivity contribution in [3.8, 4) is 0 Å². The molecule has 0 radical (unpaired) electrons. The van der Waals surface area contributed by atoms with Crippen LogP contribution in [0.5, 0.6) is 0 Å². The second-order valence-corrected chi connectivity index (χ2v) is 7.86. The van der Waals surface area contributed by atoms with Crippen LogP contribution in [-0.2, 0) is 9.59 Å². The molecular weight excluding hydrogens is 292 g/mol. The standard InChI is InChI=1S/C18H30N2O3/c1-12-3-5-15(6-4-12)20(16-9-10-16)17(21)11-19(14-7-8-14)13(2)18(22)23/h12-16H,3-11H2,1-2H3,(H,22,23). The molecule has 1 N–H and O–H groups in total. The maximum Gasteiger partial charge on any atom is 0.320 e. The van der Waals surface area contributed by atoms with Gasteiger partial charge in [-0.2, -0.15) is 0 Å². The number of carboxylic acid groups (broad SMARTS) is 1. The molecule has 3 aliphatic rings. The van der Waals surface area contributed by atoms with Gasteiger partial charge in [0.15, 0.2) is 0 Å². The van der Waals surface area contributed by atoms with E-state index in [-0.39, 0.29) is 18.5 Å². The lowest BCUT2D eigenvalue weighted by atomic mass is 9.86. The molecule has 3 aliphatic carbocycles. The van der Waals surface area contributed by atoms with Crippen LogP contribution in [0.4, 0.5) is 0 Å². The number of rotatable bonds is 7. The molecule has 0 saturated heterocycles. The molecule has 0 aromatic rings. The highest BCUT2D eigenvalue weighted by atomic mass is 16.4. The molecule has 5 nitrogen and oxygen atoms in total. The van der Waals surface area contributed by atoms with E-state index in [1.807, 2.05) is 4.90 Å². The van der Waals surface area contributed by atoms with Crippen LogP contribution < -0.4 is 0 Å². The van der Waals surface area contributed by atoms with Gasteiger partial charge < -0.3 is 10.0 Å². The summed E-state index contributed by atoms with van der Waals surface area (Å²) in [6.45, 7) is 4.28. The predicted molar refractivity (Wildman–Crippen MR) is 88.1 cm³/mol. The molecule has 0 spiro atoms. The summed E-state index contributed by atoms with van der Waals surface area (Å²) in [6, 6.07) is 0.519. The Kier molecular flexibility index (Phi) is 4.95. The normalized spacial score (nSPS) is 29.3. The molecule has 0 heterocycles. The molecule has 3 rings (SSSR count). The molecule has 1 atom stereocenters. The highest BCUT2D eigenvalue weighted by molar-refractivity contribution is 5.81. The summed E-state index contributed by atoms with van der Waals surface area (Å²) in [4.78, 5) is 28.4. The Bertz CT molecular complexity index is 451. The van der Waals surface area contributed by atoms with Gasteiger partial charge in [0.2, 0.25) is 5.91 Å². The van der Waals surface area contributed by atoms with Crippen molar-refractivity contribution < 1.29 is 14.7 Å². The van der Waals surface area contributed by atoms with Crippen molar-refractivity contribution in [3.63, 3.8) is 0 Å². The third-order valence-electron chi connectivity index (χ3n) is 5.80. The van der Waals surface area contributed by atoms with Crippen molar-refractivity contribution in [2.24, 2.45) is 5.92 Å². The summed E-state index contributed by atoms with van der Waals surface area (Å²) in [7, 11) is 0. The second-order valence-electron chi connectivity index (χ2n) is 7.86. The lowest BCUT2D eigenvalue weighted by Gasteiger charge is -2.38. The van der Waals surface area contributed by atoms with Crippen molar-refractivity contribution in [2.75, 3.05) is 6.54 Å². The molecule has 130 valence electrons. The zero-order valence-electron chi connectivity index (χ0n) is 14.4. The van der Waals surface area contributed by atoms with E-state index >= 15 is 0 Å². The van der Waals surface area contributed by atoms with Crippen molar-refractivity contribution >= 4 is 11.9 Å². The molecule has 0 bridgehead atoms. The number of aliphatic carboxylic acids is 1. The van der Waals surface area contributed by atoms with Gasteiger partial charge in [0.25, 0.3) is 0 Å². The maximum atomic E-state index is 13.0. The third kappa shape index (κ3) is 4.06. The van der Waals surface area contributed by atoms with Gasteiger partial charge in [-0.25, -0.2) is 0 Å². The molecule has 1 amide bonds. The van der Waals surface area contributed by atoms with Gasteiger partial charge in [0, 0.05) is 18.1 Å². The summed E-state index contributed by atoms with van der Waals surface area (Å²) >= 11 is 0. The zero-order chi connectivity index (χ0) is 16.6. The van der Waals surface area contributed by atoms with Crippen LogP contribution in [0.1, 0.15) is 65.2 Å². The predicted octanol–water partition coefficient (Wildman–Crippen LogP) is 2.49. The number of hydrogen-bond acceptors (Lipinski definition) is 3. The minimum atomic E-state index is -0.825. The van der Waals surface area contributed by atoms with Crippen molar-refractivity contribution in [1.29, 1.82) is 0 Å². The van der Waals surface area contributed by atoms with Crippen molar-refractivity contribution in [3.05, 3.63) is 0 Å². The smallest absolute Gasteiger partial charge is 0.320 e. The fourth-order valence-corrected chi connectivity index (χ4v) is 3.95. The molecule has 3 saturated carbocycles. The first kappa shape index (κ1) is 16.7. The monoisotopic (exact) mass is 322 g/mol. The summed E-state index contributed by atoms with van der Waals surface area (Å²) in [5, 5.41) is 9.31. The summed E-state index contributed by atoms with van der Waals surface area (Å²) < 4.78 is 0. The average Bonchev–Trinajstić information content (AvgIpc) is 3.38. The molecule has 1 unspecified atom stereocenters. The number of carbonyl (C=O) groups excluding carboxylic acids is 1. The van der Waals surface area contributed by atoms with Crippen LogP contribution in [0.15, 0.2) is 0 Å². The number of nitrogens with zero attached hydrogens (tertiary/aromatic N) is 2. The quantitative estimate of drug-likeness (QED) is 0.782. The van der Waals surface area contributed by atoms with Crippen LogP contribution >= 0.6 is 0 Å². The van der Waals surface area contributed by atoms with Gasteiger partial charge >= 0.3 is 5.97 Å². The molecule has 0 aliphatic heterocycles. The number of hydrogen-bond donors (Lipinski definition) is 1. The Morgan fingerprint density at radius 2 is 1.43 bits per heavy atom. The lowest BCUT2D eigenvalue weighted by Crippen LogP contribution is -2.51. The fourth-order valence-electron chi connectivity index (χ4n) is 3.95. The molecule has 5 heteroatoms. The van der Waals surface area contributed by atoms with Crippen LogP contribution in [-0.4, -0.2) is 57.5 Å². The van der Waals surface area contributed by atoms with E-state index < -0.39 is 12.0 Å². The first-order chi connectivity index (χ1) is 11.0. The first-order valence-corrected chi connectivity index (χ1v) is 9.27.